The lowest BCUT2D eigenvalue weighted by molar-refractivity contribution is -0.134. The van der Waals surface area contributed by atoms with Gasteiger partial charge in [-0.15, -0.1) is 0 Å². The van der Waals surface area contributed by atoms with Crippen molar-refractivity contribution < 1.29 is 14.3 Å². The summed E-state index contributed by atoms with van der Waals surface area (Å²) in [6.07, 6.45) is 1.26. The molecule has 0 heterocycles. The third kappa shape index (κ3) is 4.63. The van der Waals surface area contributed by atoms with Gasteiger partial charge in [0, 0.05) is 6.08 Å². The van der Waals surface area contributed by atoms with E-state index >= 15 is 0 Å². The first-order valence-electron chi connectivity index (χ1n) is 5.22. The van der Waals surface area contributed by atoms with E-state index in [0.29, 0.717) is 11.4 Å². The molecule has 0 fully saturated rings. The number of hydrogen-bond acceptors (Lipinski definition) is 5. The maximum Gasteiger partial charge on any atom is 0.332 e. The fourth-order valence-corrected chi connectivity index (χ4v) is 1.08. The van der Waals surface area contributed by atoms with Crippen LogP contribution in [0.1, 0.15) is 6.92 Å². The number of carbonyl (C=O) groups excluding carboxylic acids is 1. The molecule has 0 bridgehead atoms. The molecule has 0 aliphatic rings. The molecule has 0 N–H and O–H groups in total. The zero-order chi connectivity index (χ0) is 13.4. The van der Waals surface area contributed by atoms with Crippen LogP contribution in [0.3, 0.4) is 0 Å². The highest BCUT2D eigenvalue weighted by Crippen LogP contribution is 2.16. The summed E-state index contributed by atoms with van der Waals surface area (Å²) in [6.45, 7) is 1.66. The van der Waals surface area contributed by atoms with Gasteiger partial charge < -0.3 is 9.47 Å². The van der Waals surface area contributed by atoms with Gasteiger partial charge in [0.25, 0.3) is 0 Å². The average Bonchev–Trinajstić information content (AvgIpc) is 2.39. The fourth-order valence-electron chi connectivity index (χ4n) is 1.08. The van der Waals surface area contributed by atoms with Crippen molar-refractivity contribution in [1.29, 1.82) is 0 Å². The summed E-state index contributed by atoms with van der Waals surface area (Å²) in [5.41, 5.74) is 1.17. The first-order chi connectivity index (χ1) is 8.65. The number of aliphatic imine (C=N–C) groups is 2. The predicted octanol–water partition coefficient (Wildman–Crippen LogP) is 2.58. The normalized spacial score (nSPS) is 10.3. The minimum Gasteiger partial charge on any atom is -0.497 e. The van der Waals surface area contributed by atoms with Crippen LogP contribution in [0.25, 0.3) is 0 Å². The number of nitrogens with zero attached hydrogens (tertiary/aromatic N) is 2. The lowest BCUT2D eigenvalue weighted by Crippen LogP contribution is -1.94. The van der Waals surface area contributed by atoms with E-state index in [-0.39, 0.29) is 0 Å². The number of carbonyl (C=O) groups is 1. The van der Waals surface area contributed by atoms with Gasteiger partial charge in [0.15, 0.2) is 0 Å². The highest BCUT2D eigenvalue weighted by Gasteiger charge is 1.93. The van der Waals surface area contributed by atoms with Crippen LogP contribution in [0.15, 0.2) is 46.0 Å². The molecule has 0 spiro atoms. The number of ether oxygens (including phenoxy) is 2. The van der Waals surface area contributed by atoms with Gasteiger partial charge in [0.1, 0.15) is 11.8 Å². The third-order valence-corrected chi connectivity index (χ3v) is 2.01. The molecule has 0 aliphatic carbocycles. The van der Waals surface area contributed by atoms with Gasteiger partial charge >= 0.3 is 5.97 Å². The zero-order valence-corrected chi connectivity index (χ0v) is 10.5. The van der Waals surface area contributed by atoms with Gasteiger partial charge in [-0.05, 0) is 31.2 Å². The van der Waals surface area contributed by atoms with E-state index in [1.165, 1.54) is 13.2 Å². The Kier molecular flexibility index (Phi) is 5.35. The maximum atomic E-state index is 10.9. The quantitative estimate of drug-likeness (QED) is 0.466. The Morgan fingerprint density at radius 2 is 1.94 bits per heavy atom. The van der Waals surface area contributed by atoms with Crippen LogP contribution in [0.4, 0.5) is 5.69 Å². The second-order valence-corrected chi connectivity index (χ2v) is 3.33. The van der Waals surface area contributed by atoms with Crippen LogP contribution < -0.4 is 4.74 Å². The minimum atomic E-state index is -0.456. The number of rotatable bonds is 4. The van der Waals surface area contributed by atoms with Crippen molar-refractivity contribution in [2.45, 2.75) is 6.92 Å². The third-order valence-electron chi connectivity index (χ3n) is 2.01. The number of esters is 1. The molecular weight excluding hydrogens is 232 g/mol. The molecule has 5 heteroatoms. The highest BCUT2D eigenvalue weighted by atomic mass is 16.5. The Labute approximate surface area is 105 Å². The van der Waals surface area contributed by atoms with Crippen molar-refractivity contribution in [3.05, 3.63) is 36.0 Å². The van der Waals surface area contributed by atoms with Crippen molar-refractivity contribution in [2.24, 2.45) is 9.98 Å². The fraction of sp³-hybridized carbons (Fsp3) is 0.231. The lowest BCUT2D eigenvalue weighted by atomic mass is 10.3. The summed E-state index contributed by atoms with van der Waals surface area (Å²) >= 11 is 0. The van der Waals surface area contributed by atoms with E-state index < -0.39 is 5.97 Å². The Morgan fingerprint density at radius 1 is 1.28 bits per heavy atom. The molecule has 1 rings (SSSR count). The molecule has 0 unspecified atom stereocenters. The molecule has 1 aromatic rings. The molecule has 0 radical (unpaired) electrons. The second-order valence-electron chi connectivity index (χ2n) is 3.33. The molecule has 18 heavy (non-hydrogen) atoms. The second kappa shape index (κ2) is 7.04. The number of hydrogen-bond donors (Lipinski definition) is 0. The molecule has 0 aromatic heterocycles. The smallest absolute Gasteiger partial charge is 0.332 e. The van der Waals surface area contributed by atoms with Gasteiger partial charge in [-0.2, -0.15) is 9.98 Å². The largest absolute Gasteiger partial charge is 0.497 e. The molecule has 0 aliphatic heterocycles. The molecule has 0 saturated heterocycles. The summed E-state index contributed by atoms with van der Waals surface area (Å²) in [5.74, 6) is 0.301. The summed E-state index contributed by atoms with van der Waals surface area (Å²) < 4.78 is 9.49. The van der Waals surface area contributed by atoms with Crippen LogP contribution in [0.5, 0.6) is 5.75 Å². The SMILES string of the molecule is COC(=O)/C=C(\C)N=C=Nc1ccc(OC)cc1. The molecular formula is C13H14N2O3. The van der Waals surface area contributed by atoms with Crippen LogP contribution in [0.2, 0.25) is 0 Å². The molecule has 5 nitrogen and oxygen atoms in total. The summed E-state index contributed by atoms with van der Waals surface area (Å²) in [4.78, 5) is 18.7. The predicted molar refractivity (Wildman–Crippen MR) is 68.3 cm³/mol. The van der Waals surface area contributed by atoms with Crippen molar-refractivity contribution in [2.75, 3.05) is 14.2 Å². The van der Waals surface area contributed by atoms with Crippen LogP contribution in [-0.2, 0) is 9.53 Å². The maximum absolute atomic E-state index is 10.9. The van der Waals surface area contributed by atoms with Gasteiger partial charge in [0.2, 0.25) is 0 Å². The topological polar surface area (TPSA) is 60.2 Å². The van der Waals surface area contributed by atoms with Gasteiger partial charge in [0.05, 0.1) is 25.6 Å². The van der Waals surface area contributed by atoms with Crippen molar-refractivity contribution in [3.63, 3.8) is 0 Å². The van der Waals surface area contributed by atoms with E-state index in [0.717, 1.165) is 5.75 Å². The molecule has 0 saturated carbocycles. The van der Waals surface area contributed by atoms with Crippen LogP contribution >= 0.6 is 0 Å². The van der Waals surface area contributed by atoms with E-state index in [9.17, 15) is 4.79 Å². The Hall–Kier alpha value is -2.39. The molecule has 0 atom stereocenters. The average molecular weight is 246 g/mol. The van der Waals surface area contributed by atoms with Gasteiger partial charge in [-0.3, -0.25) is 0 Å². The molecule has 94 valence electrons. The lowest BCUT2D eigenvalue weighted by Gasteiger charge is -1.97. The van der Waals surface area contributed by atoms with Crippen LogP contribution in [0, 0.1) is 0 Å². The summed E-state index contributed by atoms with van der Waals surface area (Å²) in [5, 5.41) is 0. The summed E-state index contributed by atoms with van der Waals surface area (Å²) in [6, 6.07) is 9.64. The summed E-state index contributed by atoms with van der Waals surface area (Å²) in [7, 11) is 2.90. The van der Waals surface area contributed by atoms with Crippen molar-refractivity contribution >= 4 is 17.7 Å². The van der Waals surface area contributed by atoms with Crippen molar-refractivity contribution in [1.82, 2.24) is 0 Å². The number of allylic oxidation sites excluding steroid dienone is 1. The zero-order valence-electron chi connectivity index (χ0n) is 10.5. The number of benzene rings is 1. The highest BCUT2D eigenvalue weighted by molar-refractivity contribution is 5.82. The van der Waals surface area contributed by atoms with E-state index in [4.69, 9.17) is 4.74 Å². The standard InChI is InChI=1S/C13H14N2O3/c1-10(8-13(16)18-3)14-9-15-11-4-6-12(17-2)7-5-11/h4-8H,1-3H3/b10-8+. The number of methoxy groups -OCH3 is 2. The van der Waals surface area contributed by atoms with E-state index in [2.05, 4.69) is 20.7 Å². The van der Waals surface area contributed by atoms with E-state index in [1.54, 1.807) is 38.3 Å². The minimum absolute atomic E-state index is 0.456. The van der Waals surface area contributed by atoms with Crippen LogP contribution in [-0.4, -0.2) is 26.2 Å². The van der Waals surface area contributed by atoms with Crippen molar-refractivity contribution in [3.8, 4) is 5.75 Å². The molecule has 0 amide bonds. The monoisotopic (exact) mass is 246 g/mol. The van der Waals surface area contributed by atoms with E-state index in [1.807, 2.05) is 0 Å². The first-order valence-corrected chi connectivity index (χ1v) is 5.22. The Bertz CT molecular complexity index is 497. The van der Waals surface area contributed by atoms with Gasteiger partial charge in [-0.1, -0.05) is 0 Å². The Morgan fingerprint density at radius 3 is 2.50 bits per heavy atom. The Balaban J connectivity index is 2.73. The molecule has 1 aromatic carbocycles. The van der Waals surface area contributed by atoms with Gasteiger partial charge in [-0.25, -0.2) is 4.79 Å². The first kappa shape index (κ1) is 13.7.